The Morgan fingerprint density at radius 3 is 2.58 bits per heavy atom. The molecule has 19 heavy (non-hydrogen) atoms. The Balaban J connectivity index is 1.76. The van der Waals surface area contributed by atoms with Gasteiger partial charge in [-0.2, -0.15) is 0 Å². The average Bonchev–Trinajstić information content (AvgIpc) is 2.84. The molecule has 0 radical (unpaired) electrons. The van der Waals surface area contributed by atoms with Gasteiger partial charge < -0.3 is 10.1 Å². The summed E-state index contributed by atoms with van der Waals surface area (Å²) in [4.78, 5) is 0. The van der Waals surface area contributed by atoms with Gasteiger partial charge in [-0.1, -0.05) is 36.0 Å². The van der Waals surface area contributed by atoms with E-state index in [1.807, 2.05) is 0 Å². The van der Waals surface area contributed by atoms with Gasteiger partial charge in [0.15, 0.2) is 0 Å². The lowest BCUT2D eigenvalue weighted by Gasteiger charge is -2.39. The van der Waals surface area contributed by atoms with Crippen molar-refractivity contribution in [1.29, 1.82) is 0 Å². The van der Waals surface area contributed by atoms with Crippen molar-refractivity contribution in [3.63, 3.8) is 0 Å². The van der Waals surface area contributed by atoms with Crippen LogP contribution in [0.3, 0.4) is 0 Å². The molecule has 0 aromatic heterocycles. The number of nitrogens with one attached hydrogen (secondary N) is 1. The Bertz CT molecular complexity index is 479. The van der Waals surface area contributed by atoms with E-state index < -0.39 is 5.82 Å². The Labute approximate surface area is 122 Å². The van der Waals surface area contributed by atoms with Crippen molar-refractivity contribution in [1.82, 2.24) is 5.32 Å². The second-order valence-corrected chi connectivity index (χ2v) is 6.27. The van der Waals surface area contributed by atoms with E-state index in [1.165, 1.54) is 25.0 Å². The minimum absolute atomic E-state index is 0.0461. The SMILES string of the molecule is Fc1cc(C2CNC3(CCCC3)CO2)c(Cl)cc1Cl. The van der Waals surface area contributed by atoms with Crippen molar-refractivity contribution in [2.75, 3.05) is 13.2 Å². The fourth-order valence-corrected chi connectivity index (χ4v) is 3.54. The van der Waals surface area contributed by atoms with Crippen LogP contribution in [-0.4, -0.2) is 18.7 Å². The second-order valence-electron chi connectivity index (χ2n) is 5.46. The molecule has 1 aliphatic heterocycles. The Hall–Kier alpha value is -0.350. The van der Waals surface area contributed by atoms with Gasteiger partial charge in [-0.05, 0) is 25.0 Å². The van der Waals surface area contributed by atoms with Gasteiger partial charge in [0.1, 0.15) is 5.82 Å². The average molecular weight is 304 g/mol. The fraction of sp³-hybridized carbons (Fsp3) is 0.571. The highest BCUT2D eigenvalue weighted by Crippen LogP contribution is 2.37. The number of halogens is 3. The smallest absolute Gasteiger partial charge is 0.142 e. The second kappa shape index (κ2) is 5.21. The molecule has 1 aliphatic carbocycles. The zero-order valence-corrected chi connectivity index (χ0v) is 12.0. The molecule has 1 aromatic carbocycles. The van der Waals surface area contributed by atoms with E-state index in [-0.39, 0.29) is 16.7 Å². The molecule has 0 bridgehead atoms. The van der Waals surface area contributed by atoms with Gasteiger partial charge in [-0.25, -0.2) is 4.39 Å². The molecule has 1 saturated carbocycles. The predicted octanol–water partition coefficient (Wildman–Crippen LogP) is 4.11. The summed E-state index contributed by atoms with van der Waals surface area (Å²) in [6.45, 7) is 1.33. The summed E-state index contributed by atoms with van der Waals surface area (Å²) in [6.07, 6.45) is 4.60. The maximum atomic E-state index is 13.5. The van der Waals surface area contributed by atoms with Crippen LogP contribution < -0.4 is 5.32 Å². The van der Waals surface area contributed by atoms with Crippen LogP contribution in [0.4, 0.5) is 4.39 Å². The summed E-state index contributed by atoms with van der Waals surface area (Å²) in [6, 6.07) is 2.82. The largest absolute Gasteiger partial charge is 0.370 e. The zero-order valence-electron chi connectivity index (χ0n) is 10.5. The zero-order chi connectivity index (χ0) is 13.5. The van der Waals surface area contributed by atoms with E-state index in [1.54, 1.807) is 0 Å². The molecule has 3 rings (SSSR count). The van der Waals surface area contributed by atoms with Gasteiger partial charge >= 0.3 is 0 Å². The molecule has 1 unspecified atom stereocenters. The van der Waals surface area contributed by atoms with E-state index in [9.17, 15) is 4.39 Å². The summed E-state index contributed by atoms with van der Waals surface area (Å²) in [5, 5.41) is 4.07. The molecule has 0 amide bonds. The molecule has 1 saturated heterocycles. The first kappa shape index (κ1) is 13.6. The maximum absolute atomic E-state index is 13.5. The first-order valence-electron chi connectivity index (χ1n) is 6.61. The molecule has 1 spiro atoms. The van der Waals surface area contributed by atoms with Gasteiger partial charge in [0.25, 0.3) is 0 Å². The quantitative estimate of drug-likeness (QED) is 0.789. The van der Waals surface area contributed by atoms with Crippen molar-refractivity contribution in [3.8, 4) is 0 Å². The van der Waals surface area contributed by atoms with Crippen molar-refractivity contribution in [3.05, 3.63) is 33.6 Å². The summed E-state index contributed by atoms with van der Waals surface area (Å²) in [7, 11) is 0. The Morgan fingerprint density at radius 1 is 1.21 bits per heavy atom. The van der Waals surface area contributed by atoms with Crippen LogP contribution in [0, 0.1) is 5.82 Å². The highest BCUT2D eigenvalue weighted by Gasteiger charge is 2.38. The minimum atomic E-state index is -0.453. The number of hydrogen-bond donors (Lipinski definition) is 1. The monoisotopic (exact) mass is 303 g/mol. The van der Waals surface area contributed by atoms with Crippen molar-refractivity contribution in [2.24, 2.45) is 0 Å². The van der Waals surface area contributed by atoms with Gasteiger partial charge in [0.2, 0.25) is 0 Å². The van der Waals surface area contributed by atoms with E-state index in [4.69, 9.17) is 27.9 Å². The fourth-order valence-electron chi connectivity index (χ4n) is 3.04. The molecule has 1 atom stereocenters. The number of rotatable bonds is 1. The van der Waals surface area contributed by atoms with E-state index in [2.05, 4.69) is 5.32 Å². The third-order valence-electron chi connectivity index (χ3n) is 4.17. The number of ether oxygens (including phenoxy) is 1. The van der Waals surface area contributed by atoms with Crippen LogP contribution in [0.1, 0.15) is 37.4 Å². The van der Waals surface area contributed by atoms with E-state index in [0.29, 0.717) is 23.7 Å². The third kappa shape index (κ3) is 2.62. The molecular formula is C14H16Cl2FNO. The van der Waals surface area contributed by atoms with Crippen LogP contribution in [0.25, 0.3) is 0 Å². The standard InChI is InChI=1S/C14H16Cl2FNO/c15-10-6-11(16)12(17)5-9(10)13-7-18-14(8-19-13)3-1-2-4-14/h5-6,13,18H,1-4,7-8H2. The Kier molecular flexibility index (Phi) is 3.73. The first-order chi connectivity index (χ1) is 9.10. The summed E-state index contributed by atoms with van der Waals surface area (Å²) >= 11 is 11.8. The number of morpholine rings is 1. The maximum Gasteiger partial charge on any atom is 0.142 e. The normalized spacial score (nSPS) is 25.9. The van der Waals surface area contributed by atoms with Gasteiger partial charge in [0, 0.05) is 22.7 Å². The molecule has 1 heterocycles. The molecule has 2 fully saturated rings. The Morgan fingerprint density at radius 2 is 1.95 bits per heavy atom. The van der Waals surface area contributed by atoms with Crippen LogP contribution >= 0.6 is 23.2 Å². The molecule has 1 aromatic rings. The number of hydrogen-bond acceptors (Lipinski definition) is 2. The third-order valence-corrected chi connectivity index (χ3v) is 4.79. The summed E-state index contributed by atoms with van der Waals surface area (Å²) in [5.41, 5.74) is 0.803. The van der Waals surface area contributed by atoms with Crippen LogP contribution in [-0.2, 0) is 4.74 Å². The highest BCUT2D eigenvalue weighted by molar-refractivity contribution is 6.35. The van der Waals surface area contributed by atoms with Crippen LogP contribution in [0.15, 0.2) is 12.1 Å². The predicted molar refractivity (Wildman–Crippen MR) is 74.3 cm³/mol. The summed E-state index contributed by atoms with van der Waals surface area (Å²) in [5.74, 6) is -0.453. The highest BCUT2D eigenvalue weighted by atomic mass is 35.5. The molecule has 1 N–H and O–H groups in total. The van der Waals surface area contributed by atoms with Crippen LogP contribution in [0.2, 0.25) is 10.0 Å². The molecule has 2 aliphatic rings. The van der Waals surface area contributed by atoms with Gasteiger partial charge in [-0.15, -0.1) is 0 Å². The molecule has 5 heteroatoms. The lowest BCUT2D eigenvalue weighted by atomic mass is 9.95. The van der Waals surface area contributed by atoms with Crippen molar-refractivity contribution >= 4 is 23.2 Å². The molecule has 104 valence electrons. The summed E-state index contributed by atoms with van der Waals surface area (Å²) < 4.78 is 19.5. The molecule has 2 nitrogen and oxygen atoms in total. The van der Waals surface area contributed by atoms with Gasteiger partial charge in [0.05, 0.1) is 17.7 Å². The first-order valence-corrected chi connectivity index (χ1v) is 7.36. The van der Waals surface area contributed by atoms with Crippen molar-refractivity contribution < 1.29 is 9.13 Å². The lowest BCUT2D eigenvalue weighted by molar-refractivity contribution is -0.0326. The lowest BCUT2D eigenvalue weighted by Crippen LogP contribution is -2.53. The minimum Gasteiger partial charge on any atom is -0.370 e. The van der Waals surface area contributed by atoms with E-state index in [0.717, 1.165) is 12.8 Å². The van der Waals surface area contributed by atoms with Crippen LogP contribution in [0.5, 0.6) is 0 Å². The number of benzene rings is 1. The van der Waals surface area contributed by atoms with Crippen molar-refractivity contribution in [2.45, 2.75) is 37.3 Å². The topological polar surface area (TPSA) is 21.3 Å². The van der Waals surface area contributed by atoms with E-state index >= 15 is 0 Å². The van der Waals surface area contributed by atoms with Gasteiger partial charge in [-0.3, -0.25) is 0 Å². The molecular weight excluding hydrogens is 288 g/mol.